The van der Waals surface area contributed by atoms with E-state index in [0.29, 0.717) is 24.5 Å². The standard InChI is InChI=1S/C17H18O4/c1-19-16-5-3-4-14(9-16)11-21-12-15-8-13(10-18)6-7-17(15)20-2/h3-10H,11-12H2,1-2H3. The van der Waals surface area contributed by atoms with Crippen LogP contribution in [0.3, 0.4) is 0 Å². The topological polar surface area (TPSA) is 44.8 Å². The normalized spacial score (nSPS) is 10.2. The van der Waals surface area contributed by atoms with Crippen LogP contribution >= 0.6 is 0 Å². The van der Waals surface area contributed by atoms with Gasteiger partial charge in [-0.1, -0.05) is 12.1 Å². The van der Waals surface area contributed by atoms with E-state index in [0.717, 1.165) is 23.2 Å². The first-order valence-corrected chi connectivity index (χ1v) is 6.59. The van der Waals surface area contributed by atoms with Gasteiger partial charge in [0.1, 0.15) is 17.8 Å². The van der Waals surface area contributed by atoms with Crippen LogP contribution in [0.2, 0.25) is 0 Å². The van der Waals surface area contributed by atoms with Gasteiger partial charge in [-0.25, -0.2) is 0 Å². The van der Waals surface area contributed by atoms with Crippen LogP contribution in [0.1, 0.15) is 21.5 Å². The van der Waals surface area contributed by atoms with Crippen molar-refractivity contribution in [2.24, 2.45) is 0 Å². The number of hydrogen-bond donors (Lipinski definition) is 0. The zero-order valence-electron chi connectivity index (χ0n) is 12.2. The van der Waals surface area contributed by atoms with E-state index in [-0.39, 0.29) is 0 Å². The van der Waals surface area contributed by atoms with Crippen LogP contribution in [0.25, 0.3) is 0 Å². The van der Waals surface area contributed by atoms with E-state index in [1.54, 1.807) is 32.4 Å². The van der Waals surface area contributed by atoms with Crippen LogP contribution in [-0.4, -0.2) is 20.5 Å². The highest BCUT2D eigenvalue weighted by Crippen LogP contribution is 2.21. The molecule has 110 valence electrons. The number of benzene rings is 2. The van der Waals surface area contributed by atoms with Crippen LogP contribution in [0.5, 0.6) is 11.5 Å². The van der Waals surface area contributed by atoms with Gasteiger partial charge in [0.2, 0.25) is 0 Å². The Kier molecular flexibility index (Phi) is 5.35. The van der Waals surface area contributed by atoms with Crippen LogP contribution < -0.4 is 9.47 Å². The molecule has 21 heavy (non-hydrogen) atoms. The molecule has 0 heterocycles. The van der Waals surface area contributed by atoms with Crippen molar-refractivity contribution in [3.8, 4) is 11.5 Å². The number of ether oxygens (including phenoxy) is 3. The molecule has 0 bridgehead atoms. The fraction of sp³-hybridized carbons (Fsp3) is 0.235. The molecule has 0 radical (unpaired) electrons. The number of hydrogen-bond acceptors (Lipinski definition) is 4. The van der Waals surface area contributed by atoms with E-state index in [2.05, 4.69) is 0 Å². The molecule has 0 aliphatic carbocycles. The van der Waals surface area contributed by atoms with E-state index in [4.69, 9.17) is 14.2 Å². The molecule has 0 saturated heterocycles. The van der Waals surface area contributed by atoms with Crippen molar-refractivity contribution in [2.45, 2.75) is 13.2 Å². The first-order valence-electron chi connectivity index (χ1n) is 6.59. The van der Waals surface area contributed by atoms with Crippen molar-refractivity contribution in [1.82, 2.24) is 0 Å². The van der Waals surface area contributed by atoms with E-state index in [1.807, 2.05) is 24.3 Å². The highest BCUT2D eigenvalue weighted by Gasteiger charge is 2.05. The zero-order chi connectivity index (χ0) is 15.1. The predicted molar refractivity (Wildman–Crippen MR) is 79.9 cm³/mol. The van der Waals surface area contributed by atoms with Gasteiger partial charge >= 0.3 is 0 Å². The molecule has 2 rings (SSSR count). The molecule has 4 nitrogen and oxygen atoms in total. The van der Waals surface area contributed by atoms with Crippen molar-refractivity contribution < 1.29 is 19.0 Å². The minimum atomic E-state index is 0.377. The van der Waals surface area contributed by atoms with Crippen LogP contribution in [0.4, 0.5) is 0 Å². The van der Waals surface area contributed by atoms with Gasteiger partial charge in [-0.2, -0.15) is 0 Å². The average molecular weight is 286 g/mol. The third-order valence-corrected chi connectivity index (χ3v) is 3.10. The van der Waals surface area contributed by atoms with Gasteiger partial charge in [0.15, 0.2) is 0 Å². The molecule has 0 atom stereocenters. The molecular weight excluding hydrogens is 268 g/mol. The summed E-state index contributed by atoms with van der Waals surface area (Å²) < 4.78 is 16.1. The van der Waals surface area contributed by atoms with Gasteiger partial charge in [0, 0.05) is 11.1 Å². The van der Waals surface area contributed by atoms with Gasteiger partial charge in [-0.3, -0.25) is 4.79 Å². The van der Waals surface area contributed by atoms with Gasteiger partial charge in [0.05, 0.1) is 27.4 Å². The summed E-state index contributed by atoms with van der Waals surface area (Å²) in [5.74, 6) is 1.52. The van der Waals surface area contributed by atoms with Crippen LogP contribution in [-0.2, 0) is 18.0 Å². The minimum absolute atomic E-state index is 0.377. The lowest BCUT2D eigenvalue weighted by Gasteiger charge is -2.10. The number of aldehydes is 1. The molecule has 2 aromatic carbocycles. The summed E-state index contributed by atoms with van der Waals surface area (Å²) in [7, 11) is 3.23. The summed E-state index contributed by atoms with van der Waals surface area (Å²) in [5, 5.41) is 0. The fourth-order valence-corrected chi connectivity index (χ4v) is 2.03. The predicted octanol–water partition coefficient (Wildman–Crippen LogP) is 3.23. The average Bonchev–Trinajstić information content (AvgIpc) is 2.55. The van der Waals surface area contributed by atoms with Gasteiger partial charge in [0.25, 0.3) is 0 Å². The monoisotopic (exact) mass is 286 g/mol. The minimum Gasteiger partial charge on any atom is -0.497 e. The van der Waals surface area contributed by atoms with E-state index < -0.39 is 0 Å². The third-order valence-electron chi connectivity index (χ3n) is 3.10. The molecule has 0 N–H and O–H groups in total. The SMILES string of the molecule is COc1cccc(COCc2cc(C=O)ccc2OC)c1. The summed E-state index contributed by atoms with van der Waals surface area (Å²) in [5.41, 5.74) is 2.49. The van der Waals surface area contributed by atoms with Crippen LogP contribution in [0, 0.1) is 0 Å². The van der Waals surface area contributed by atoms with Gasteiger partial charge < -0.3 is 14.2 Å². The quantitative estimate of drug-likeness (QED) is 0.733. The molecule has 0 aliphatic heterocycles. The Labute approximate surface area is 124 Å². The maximum Gasteiger partial charge on any atom is 0.150 e. The summed E-state index contributed by atoms with van der Waals surface area (Å²) in [6.45, 7) is 0.841. The first kappa shape index (κ1) is 15.1. The largest absolute Gasteiger partial charge is 0.497 e. The smallest absolute Gasteiger partial charge is 0.150 e. The first-order chi connectivity index (χ1) is 10.3. The number of methoxy groups -OCH3 is 2. The molecule has 0 unspecified atom stereocenters. The van der Waals surface area contributed by atoms with Crippen molar-refractivity contribution in [2.75, 3.05) is 14.2 Å². The van der Waals surface area contributed by atoms with Gasteiger partial charge in [-0.15, -0.1) is 0 Å². The van der Waals surface area contributed by atoms with Crippen molar-refractivity contribution in [3.05, 3.63) is 59.2 Å². The second-order valence-electron chi connectivity index (χ2n) is 4.53. The Bertz CT molecular complexity index is 607. The molecule has 0 spiro atoms. The summed E-state index contributed by atoms with van der Waals surface area (Å²) in [4.78, 5) is 10.8. The molecule has 4 heteroatoms. The highest BCUT2D eigenvalue weighted by molar-refractivity contribution is 5.75. The molecular formula is C17H18O4. The van der Waals surface area contributed by atoms with E-state index in [1.165, 1.54) is 0 Å². The number of carbonyl (C=O) groups is 1. The third kappa shape index (κ3) is 4.07. The Hall–Kier alpha value is -2.33. The molecule has 0 aliphatic rings. The van der Waals surface area contributed by atoms with Gasteiger partial charge in [-0.05, 0) is 35.9 Å². The lowest BCUT2D eigenvalue weighted by atomic mass is 10.1. The summed E-state index contributed by atoms with van der Waals surface area (Å²) in [6, 6.07) is 13.0. The highest BCUT2D eigenvalue weighted by atomic mass is 16.5. The molecule has 0 fully saturated rings. The van der Waals surface area contributed by atoms with Crippen molar-refractivity contribution >= 4 is 6.29 Å². The molecule has 0 amide bonds. The number of rotatable bonds is 7. The molecule has 0 saturated carbocycles. The molecule has 0 aromatic heterocycles. The lowest BCUT2D eigenvalue weighted by molar-refractivity contribution is 0.105. The lowest BCUT2D eigenvalue weighted by Crippen LogP contribution is -1.98. The Morgan fingerprint density at radius 2 is 1.86 bits per heavy atom. The van der Waals surface area contributed by atoms with E-state index >= 15 is 0 Å². The maximum atomic E-state index is 10.8. The zero-order valence-corrected chi connectivity index (χ0v) is 12.2. The fourth-order valence-electron chi connectivity index (χ4n) is 2.03. The maximum absolute atomic E-state index is 10.8. The van der Waals surface area contributed by atoms with Crippen molar-refractivity contribution in [3.63, 3.8) is 0 Å². The second kappa shape index (κ2) is 7.45. The Morgan fingerprint density at radius 1 is 1.00 bits per heavy atom. The molecule has 2 aromatic rings. The van der Waals surface area contributed by atoms with Crippen LogP contribution in [0.15, 0.2) is 42.5 Å². The van der Waals surface area contributed by atoms with E-state index in [9.17, 15) is 4.79 Å². The summed E-state index contributed by atoms with van der Waals surface area (Å²) in [6.07, 6.45) is 0.811. The Morgan fingerprint density at radius 3 is 2.57 bits per heavy atom. The second-order valence-corrected chi connectivity index (χ2v) is 4.53. The van der Waals surface area contributed by atoms with Crippen molar-refractivity contribution in [1.29, 1.82) is 0 Å². The Balaban J connectivity index is 2.00. The number of carbonyl (C=O) groups excluding carboxylic acids is 1. The summed E-state index contributed by atoms with van der Waals surface area (Å²) >= 11 is 0.